The highest BCUT2D eigenvalue weighted by atomic mass is 32.2. The van der Waals surface area contributed by atoms with Crippen molar-refractivity contribution in [3.8, 4) is 17.2 Å². The van der Waals surface area contributed by atoms with Crippen molar-refractivity contribution in [3.63, 3.8) is 0 Å². The SMILES string of the molecule is Cc1ccc(S(=O)(=O)Oc2ccc3nc4ccc(=O)cc-4oc3c2)cc1. The Morgan fingerprint density at radius 3 is 2.50 bits per heavy atom. The van der Waals surface area contributed by atoms with Crippen molar-refractivity contribution < 1.29 is 17.0 Å². The molecule has 1 aliphatic carbocycles. The van der Waals surface area contributed by atoms with Crippen molar-refractivity contribution in [2.75, 3.05) is 0 Å². The molecule has 0 unspecified atom stereocenters. The topological polar surface area (TPSA) is 86.5 Å². The van der Waals surface area contributed by atoms with E-state index in [9.17, 15) is 13.2 Å². The van der Waals surface area contributed by atoms with Gasteiger partial charge in [-0.1, -0.05) is 17.7 Å². The first-order chi connectivity index (χ1) is 12.4. The van der Waals surface area contributed by atoms with E-state index in [-0.39, 0.29) is 16.1 Å². The molecule has 26 heavy (non-hydrogen) atoms. The Balaban J connectivity index is 1.75. The largest absolute Gasteiger partial charge is 0.453 e. The normalized spacial score (nSPS) is 11.7. The Bertz CT molecular complexity index is 1240. The van der Waals surface area contributed by atoms with Gasteiger partial charge in [-0.05, 0) is 43.3 Å². The molecule has 4 rings (SSSR count). The van der Waals surface area contributed by atoms with Crippen molar-refractivity contribution in [2.45, 2.75) is 11.8 Å². The summed E-state index contributed by atoms with van der Waals surface area (Å²) in [6, 6.07) is 15.2. The van der Waals surface area contributed by atoms with Crippen molar-refractivity contribution in [3.05, 3.63) is 76.5 Å². The zero-order valence-corrected chi connectivity index (χ0v) is 14.5. The number of aromatic nitrogens is 1. The molecule has 0 saturated heterocycles. The molecule has 130 valence electrons. The molecule has 0 amide bonds. The van der Waals surface area contributed by atoms with Crippen molar-refractivity contribution in [1.82, 2.24) is 4.98 Å². The zero-order chi connectivity index (χ0) is 18.3. The fourth-order valence-corrected chi connectivity index (χ4v) is 3.44. The second-order valence-corrected chi connectivity index (χ2v) is 7.37. The molecule has 2 aromatic carbocycles. The highest BCUT2D eigenvalue weighted by Gasteiger charge is 2.17. The van der Waals surface area contributed by atoms with Crippen LogP contribution >= 0.6 is 0 Å². The Labute approximate surface area is 149 Å². The number of aryl methyl sites for hydroxylation is 1. The van der Waals surface area contributed by atoms with Crippen LogP contribution in [0.25, 0.3) is 22.6 Å². The number of nitrogens with zero attached hydrogens (tertiary/aromatic N) is 1. The van der Waals surface area contributed by atoms with Crippen LogP contribution in [0.3, 0.4) is 0 Å². The minimum absolute atomic E-state index is 0.0627. The molecule has 0 spiro atoms. The summed E-state index contributed by atoms with van der Waals surface area (Å²) in [6.07, 6.45) is 0. The van der Waals surface area contributed by atoms with Gasteiger partial charge in [-0.15, -0.1) is 0 Å². The van der Waals surface area contributed by atoms with Crippen LogP contribution in [0, 0.1) is 6.92 Å². The van der Waals surface area contributed by atoms with Gasteiger partial charge in [0.1, 0.15) is 21.9 Å². The first-order valence-electron chi connectivity index (χ1n) is 7.77. The third-order valence-corrected chi connectivity index (χ3v) is 5.10. The van der Waals surface area contributed by atoms with Crippen LogP contribution < -0.4 is 9.61 Å². The van der Waals surface area contributed by atoms with E-state index in [1.807, 2.05) is 6.92 Å². The van der Waals surface area contributed by atoms with Crippen LogP contribution in [0.2, 0.25) is 0 Å². The predicted octanol–water partition coefficient (Wildman–Crippen LogP) is 3.37. The van der Waals surface area contributed by atoms with E-state index in [2.05, 4.69) is 4.98 Å². The van der Waals surface area contributed by atoms with E-state index in [4.69, 9.17) is 8.60 Å². The van der Waals surface area contributed by atoms with Crippen LogP contribution in [0.5, 0.6) is 5.75 Å². The Kier molecular flexibility index (Phi) is 3.73. The molecule has 0 fully saturated rings. The van der Waals surface area contributed by atoms with Gasteiger partial charge in [0.05, 0.1) is 0 Å². The van der Waals surface area contributed by atoms with Gasteiger partial charge in [-0.2, -0.15) is 8.42 Å². The average Bonchev–Trinajstić information content (AvgIpc) is 2.60. The van der Waals surface area contributed by atoms with E-state index in [1.165, 1.54) is 36.4 Å². The van der Waals surface area contributed by atoms with E-state index in [1.54, 1.807) is 24.3 Å². The van der Waals surface area contributed by atoms with Gasteiger partial charge < -0.3 is 8.60 Å². The maximum Gasteiger partial charge on any atom is 0.339 e. The molecule has 0 radical (unpaired) electrons. The molecule has 2 aliphatic rings. The first kappa shape index (κ1) is 16.3. The number of hydrogen-bond donors (Lipinski definition) is 0. The molecule has 0 saturated carbocycles. The molecule has 0 aromatic heterocycles. The van der Waals surface area contributed by atoms with Crippen molar-refractivity contribution in [1.29, 1.82) is 0 Å². The van der Waals surface area contributed by atoms with Gasteiger partial charge >= 0.3 is 10.1 Å². The molecule has 0 N–H and O–H groups in total. The number of fused-ring (bicyclic) bond motifs is 2. The molecule has 6 nitrogen and oxygen atoms in total. The lowest BCUT2D eigenvalue weighted by atomic mass is 10.2. The lowest BCUT2D eigenvalue weighted by Gasteiger charge is -2.09. The third kappa shape index (κ3) is 3.04. The lowest BCUT2D eigenvalue weighted by molar-refractivity contribution is 0.485. The molecule has 0 atom stereocenters. The molecule has 1 heterocycles. The van der Waals surface area contributed by atoms with E-state index in [0.29, 0.717) is 22.6 Å². The lowest BCUT2D eigenvalue weighted by Crippen LogP contribution is -2.09. The maximum absolute atomic E-state index is 12.4. The summed E-state index contributed by atoms with van der Waals surface area (Å²) in [5.74, 6) is 0.421. The Hall–Kier alpha value is -3.19. The smallest absolute Gasteiger partial charge is 0.339 e. The molecule has 1 aliphatic heterocycles. The van der Waals surface area contributed by atoms with Gasteiger partial charge in [0.25, 0.3) is 0 Å². The third-order valence-electron chi connectivity index (χ3n) is 3.84. The number of hydrogen-bond acceptors (Lipinski definition) is 6. The van der Waals surface area contributed by atoms with Gasteiger partial charge in [0, 0.05) is 12.1 Å². The van der Waals surface area contributed by atoms with E-state index >= 15 is 0 Å². The van der Waals surface area contributed by atoms with Crippen LogP contribution in [0.15, 0.2) is 74.8 Å². The summed E-state index contributed by atoms with van der Waals surface area (Å²) in [5, 5.41) is 0. The molecular weight excluding hydrogens is 354 g/mol. The second-order valence-electron chi connectivity index (χ2n) is 5.82. The monoisotopic (exact) mass is 367 g/mol. The summed E-state index contributed by atoms with van der Waals surface area (Å²) in [7, 11) is -3.96. The molecular formula is C19H13NO5S. The summed E-state index contributed by atoms with van der Waals surface area (Å²) < 4.78 is 35.7. The standard InChI is InChI=1S/C19H13NO5S/c1-12-2-6-15(7-3-12)26(22,23)25-14-5-9-17-19(11-14)24-18-10-13(21)4-8-16(18)20-17/h2-11H,1H3. The minimum Gasteiger partial charge on any atom is -0.453 e. The van der Waals surface area contributed by atoms with Gasteiger partial charge in [0.15, 0.2) is 16.8 Å². The Morgan fingerprint density at radius 2 is 1.73 bits per heavy atom. The second kappa shape index (κ2) is 5.96. The van der Waals surface area contributed by atoms with Crippen LogP contribution in [-0.2, 0) is 10.1 Å². The van der Waals surface area contributed by atoms with Gasteiger partial charge in [0.2, 0.25) is 0 Å². The quantitative estimate of drug-likeness (QED) is 0.408. The molecule has 2 aromatic rings. The maximum atomic E-state index is 12.4. The summed E-state index contributed by atoms with van der Waals surface area (Å²) in [6.45, 7) is 1.87. The van der Waals surface area contributed by atoms with Crippen LogP contribution in [-0.4, -0.2) is 13.4 Å². The van der Waals surface area contributed by atoms with Crippen LogP contribution in [0.1, 0.15) is 5.56 Å². The highest BCUT2D eigenvalue weighted by Crippen LogP contribution is 2.27. The zero-order valence-electron chi connectivity index (χ0n) is 13.7. The van der Waals surface area contributed by atoms with Gasteiger partial charge in [-0.25, -0.2) is 4.98 Å². The average molecular weight is 367 g/mol. The number of rotatable bonds is 3. The van der Waals surface area contributed by atoms with Crippen molar-refractivity contribution >= 4 is 21.2 Å². The van der Waals surface area contributed by atoms with E-state index in [0.717, 1.165) is 5.56 Å². The first-order valence-corrected chi connectivity index (χ1v) is 9.17. The summed E-state index contributed by atoms with van der Waals surface area (Å²) >= 11 is 0. The fraction of sp³-hybridized carbons (Fsp3) is 0.0526. The fourth-order valence-electron chi connectivity index (χ4n) is 2.52. The minimum atomic E-state index is -3.96. The predicted molar refractivity (Wildman–Crippen MR) is 95.9 cm³/mol. The molecule has 7 heteroatoms. The summed E-state index contributed by atoms with van der Waals surface area (Å²) in [5.41, 5.74) is 2.13. The number of benzene rings is 3. The van der Waals surface area contributed by atoms with Gasteiger partial charge in [-0.3, -0.25) is 4.79 Å². The Morgan fingerprint density at radius 1 is 0.962 bits per heavy atom. The van der Waals surface area contributed by atoms with E-state index < -0.39 is 10.1 Å². The van der Waals surface area contributed by atoms with Crippen molar-refractivity contribution in [2.24, 2.45) is 0 Å². The highest BCUT2D eigenvalue weighted by molar-refractivity contribution is 7.87. The van der Waals surface area contributed by atoms with Crippen LogP contribution in [0.4, 0.5) is 0 Å². The molecule has 0 bridgehead atoms. The summed E-state index contributed by atoms with van der Waals surface area (Å²) in [4.78, 5) is 15.9.